The van der Waals surface area contributed by atoms with E-state index in [1.54, 1.807) is 37.3 Å². The van der Waals surface area contributed by atoms with Crippen LogP contribution in [0, 0.1) is 62.0 Å². The Morgan fingerprint density at radius 1 is 1.07 bits per heavy atom. The van der Waals surface area contributed by atoms with E-state index in [1.807, 2.05) is 18.2 Å². The second-order valence-corrected chi connectivity index (χ2v) is 7.72. The van der Waals surface area contributed by atoms with Crippen LogP contribution in [0.3, 0.4) is 0 Å². The molecule has 0 aliphatic carbocycles. The van der Waals surface area contributed by atoms with Gasteiger partial charge in [0.2, 0.25) is 17.1 Å². The van der Waals surface area contributed by atoms with Crippen LogP contribution in [0.1, 0.15) is 24.2 Å². The summed E-state index contributed by atoms with van der Waals surface area (Å²) in [7, 11) is 0. The van der Waals surface area contributed by atoms with Gasteiger partial charge < -0.3 is 9.47 Å². The van der Waals surface area contributed by atoms with Crippen molar-refractivity contribution in [1.82, 2.24) is 0 Å². The quantitative estimate of drug-likeness (QED) is 0.763. The summed E-state index contributed by atoms with van der Waals surface area (Å²) in [5, 5.41) is 38.8. The molecule has 2 aromatic carbocycles. The second kappa shape index (κ2) is 6.54. The summed E-state index contributed by atoms with van der Waals surface area (Å²) >= 11 is 5.80. The van der Waals surface area contributed by atoms with E-state index in [4.69, 9.17) is 26.5 Å². The maximum absolute atomic E-state index is 14.3. The normalized spacial score (nSPS) is 31.1. The van der Waals surface area contributed by atoms with Crippen LogP contribution in [-0.2, 0) is 15.3 Å². The third-order valence-electron chi connectivity index (χ3n) is 6.09. The molecule has 2 bridgehead atoms. The fourth-order valence-electron chi connectivity index (χ4n) is 4.51. The zero-order chi connectivity index (χ0) is 21.7. The minimum absolute atomic E-state index is 0.137. The molecule has 0 radical (unpaired) electrons. The molecule has 1 N–H and O–H groups in total. The lowest BCUT2D eigenvalue weighted by molar-refractivity contribution is -0.288. The first-order valence-corrected chi connectivity index (χ1v) is 9.41. The van der Waals surface area contributed by atoms with Crippen LogP contribution in [0.5, 0.6) is 0 Å². The smallest absolute Gasteiger partial charge is 0.244 e. The third-order valence-corrected chi connectivity index (χ3v) is 6.40. The van der Waals surface area contributed by atoms with Gasteiger partial charge in [0.05, 0.1) is 29.1 Å². The average Bonchev–Trinajstić information content (AvgIpc) is 2.93. The van der Waals surface area contributed by atoms with Gasteiger partial charge in [0.25, 0.3) is 0 Å². The number of rotatable bonds is 2. The van der Waals surface area contributed by atoms with Gasteiger partial charge in [-0.15, -0.1) is 0 Å². The molecule has 0 amide bonds. The lowest BCUT2D eigenvalue weighted by atomic mass is 9.53. The van der Waals surface area contributed by atoms with Gasteiger partial charge in [-0.25, -0.2) is 4.39 Å². The van der Waals surface area contributed by atoms with E-state index >= 15 is 0 Å². The summed E-state index contributed by atoms with van der Waals surface area (Å²) in [6.07, 6.45) is -1.38. The van der Waals surface area contributed by atoms with E-state index in [0.717, 1.165) is 6.07 Å². The van der Waals surface area contributed by atoms with Gasteiger partial charge in [0.1, 0.15) is 11.9 Å². The van der Waals surface area contributed by atoms with E-state index in [1.165, 1.54) is 12.1 Å². The molecule has 8 heteroatoms. The molecule has 0 spiro atoms. The maximum atomic E-state index is 14.3. The molecule has 2 aliphatic heterocycles. The van der Waals surface area contributed by atoms with Crippen molar-refractivity contribution in [3.8, 4) is 18.2 Å². The van der Waals surface area contributed by atoms with Crippen molar-refractivity contribution in [3.63, 3.8) is 0 Å². The van der Waals surface area contributed by atoms with Crippen molar-refractivity contribution in [3.05, 3.63) is 70.5 Å². The van der Waals surface area contributed by atoms with Crippen molar-refractivity contribution in [2.45, 2.75) is 18.8 Å². The molecule has 2 aromatic rings. The summed E-state index contributed by atoms with van der Waals surface area (Å²) in [5.41, 5.74) is -3.44. The average molecular weight is 421 g/mol. The molecule has 30 heavy (non-hydrogen) atoms. The summed E-state index contributed by atoms with van der Waals surface area (Å²) in [5.74, 6) is -3.77. The highest BCUT2D eigenvalue weighted by Gasteiger charge is 2.79. The molecule has 2 aliphatic rings. The van der Waals surface area contributed by atoms with E-state index in [0.29, 0.717) is 5.56 Å². The lowest BCUT2D eigenvalue weighted by Gasteiger charge is -2.48. The number of benzene rings is 2. The Hall–Kier alpha value is -3.44. The van der Waals surface area contributed by atoms with Crippen molar-refractivity contribution in [2.24, 2.45) is 16.7 Å². The summed E-state index contributed by atoms with van der Waals surface area (Å²) in [6.45, 7) is 1.61. The number of hydrogen-bond donors (Lipinski definition) is 1. The predicted molar refractivity (Wildman–Crippen MR) is 103 cm³/mol. The van der Waals surface area contributed by atoms with Crippen LogP contribution in [0.4, 0.5) is 4.39 Å². The van der Waals surface area contributed by atoms with Crippen LogP contribution < -0.4 is 0 Å². The molecule has 2 fully saturated rings. The van der Waals surface area contributed by atoms with Gasteiger partial charge in [0.15, 0.2) is 5.41 Å². The Morgan fingerprint density at radius 3 is 2.30 bits per heavy atom. The fourth-order valence-corrected chi connectivity index (χ4v) is 4.63. The molecular formula is C22H14ClFN4O2. The minimum Gasteiger partial charge on any atom is -0.443 e. The fraction of sp³-hybridized carbons (Fsp3) is 0.273. The number of nitrogens with one attached hydrogen (secondary N) is 1. The summed E-state index contributed by atoms with van der Waals surface area (Å²) in [6, 6.07) is 18.3. The van der Waals surface area contributed by atoms with Crippen molar-refractivity contribution < 1.29 is 13.9 Å². The Kier molecular flexibility index (Phi) is 4.33. The Balaban J connectivity index is 2.05. The van der Waals surface area contributed by atoms with E-state index in [9.17, 15) is 20.2 Å². The van der Waals surface area contributed by atoms with Crippen molar-refractivity contribution >= 4 is 17.5 Å². The molecule has 0 saturated carbocycles. The molecule has 2 heterocycles. The predicted octanol–water partition coefficient (Wildman–Crippen LogP) is 4.59. The third kappa shape index (κ3) is 2.15. The van der Waals surface area contributed by atoms with Crippen LogP contribution in [-0.4, -0.2) is 5.90 Å². The standard InChI is InChI=1S/C22H14ClFN4O2/c1-13-21(12-27)19(28)30-22(13,15-5-3-2-4-6-15)29-18(20(21,10-25)11-26)14-7-8-16(23)17(24)9-14/h2-9,13,18,28H,1H3. The zero-order valence-electron chi connectivity index (χ0n) is 15.7. The van der Waals surface area contributed by atoms with Crippen LogP contribution >= 0.6 is 11.6 Å². The van der Waals surface area contributed by atoms with E-state index < -0.39 is 40.4 Å². The summed E-state index contributed by atoms with van der Waals surface area (Å²) in [4.78, 5) is 0. The maximum Gasteiger partial charge on any atom is 0.244 e. The van der Waals surface area contributed by atoms with E-state index in [2.05, 4.69) is 0 Å². The Morgan fingerprint density at radius 2 is 1.73 bits per heavy atom. The largest absolute Gasteiger partial charge is 0.443 e. The molecule has 4 unspecified atom stereocenters. The Labute approximate surface area is 177 Å². The van der Waals surface area contributed by atoms with Gasteiger partial charge in [0, 0.05) is 5.56 Å². The number of ether oxygens (including phenoxy) is 2. The van der Waals surface area contributed by atoms with Gasteiger partial charge in [-0.3, -0.25) is 5.41 Å². The lowest BCUT2D eigenvalue weighted by Crippen LogP contribution is -2.57. The highest BCUT2D eigenvalue weighted by Crippen LogP contribution is 2.68. The first-order valence-electron chi connectivity index (χ1n) is 9.03. The topological polar surface area (TPSA) is 114 Å². The number of hydrogen-bond acceptors (Lipinski definition) is 6. The van der Waals surface area contributed by atoms with Crippen LogP contribution in [0.25, 0.3) is 0 Å². The van der Waals surface area contributed by atoms with Crippen LogP contribution in [0.2, 0.25) is 5.02 Å². The Bertz CT molecular complexity index is 1170. The molecule has 4 atom stereocenters. The molecule has 0 aromatic heterocycles. The second-order valence-electron chi connectivity index (χ2n) is 7.31. The first kappa shape index (κ1) is 19.9. The molecule has 2 saturated heterocycles. The molecule has 6 nitrogen and oxygen atoms in total. The van der Waals surface area contributed by atoms with Gasteiger partial charge in [-0.2, -0.15) is 15.8 Å². The van der Waals surface area contributed by atoms with Gasteiger partial charge >= 0.3 is 0 Å². The number of fused-ring (bicyclic) bond motifs is 2. The first-order chi connectivity index (χ1) is 14.3. The SMILES string of the molecule is CC1C2(c3ccccc3)OC(=N)C1(C#N)C(C#N)(C#N)C(c1ccc(Cl)c(F)c1)O2. The number of nitrogens with zero attached hydrogens (tertiary/aromatic N) is 3. The van der Waals surface area contributed by atoms with Gasteiger partial charge in [-0.1, -0.05) is 54.9 Å². The highest BCUT2D eigenvalue weighted by atomic mass is 35.5. The van der Waals surface area contributed by atoms with Crippen molar-refractivity contribution in [1.29, 1.82) is 21.2 Å². The monoisotopic (exact) mass is 420 g/mol. The molecule has 148 valence electrons. The van der Waals surface area contributed by atoms with Gasteiger partial charge in [-0.05, 0) is 17.7 Å². The van der Waals surface area contributed by atoms with Crippen molar-refractivity contribution in [2.75, 3.05) is 0 Å². The molecule has 4 rings (SSSR count). The minimum atomic E-state index is -2.16. The number of halogens is 2. The molecular weight excluding hydrogens is 407 g/mol. The van der Waals surface area contributed by atoms with E-state index in [-0.39, 0.29) is 10.6 Å². The van der Waals surface area contributed by atoms with Crippen LogP contribution in [0.15, 0.2) is 48.5 Å². The highest BCUT2D eigenvalue weighted by molar-refractivity contribution is 6.30. The zero-order valence-corrected chi connectivity index (χ0v) is 16.4. The summed E-state index contributed by atoms with van der Waals surface area (Å²) < 4.78 is 26.4. The number of nitriles is 3.